The molecule has 23 heavy (non-hydrogen) atoms. The summed E-state index contributed by atoms with van der Waals surface area (Å²) in [4.78, 5) is 33.2. The minimum absolute atomic E-state index is 0.143. The lowest BCUT2D eigenvalue weighted by molar-refractivity contribution is -0.143. The average molecular weight is 324 g/mol. The SMILES string of the molecule is [B]OC(=O)C[C@H](N)/C=N/NC(=O)NCC1CCC(C(=O)O)CC1. The molecule has 0 aliphatic heterocycles. The largest absolute Gasteiger partial charge is 0.543 e. The number of nitrogens with two attached hydrogens (primary N) is 1. The molecule has 1 rings (SSSR count). The van der Waals surface area contributed by atoms with Crippen LogP contribution >= 0.6 is 0 Å². The number of hydrazone groups is 1. The molecule has 0 aromatic rings. The van der Waals surface area contributed by atoms with Gasteiger partial charge in [-0.15, -0.1) is 0 Å². The van der Waals surface area contributed by atoms with Gasteiger partial charge in [-0.05, 0) is 31.6 Å². The summed E-state index contributed by atoms with van der Waals surface area (Å²) in [5.74, 6) is -1.43. The summed E-state index contributed by atoms with van der Waals surface area (Å²) in [6.45, 7) is 0.458. The summed E-state index contributed by atoms with van der Waals surface area (Å²) < 4.78 is 3.96. The lowest BCUT2D eigenvalue weighted by Crippen LogP contribution is -2.37. The Bertz CT molecular complexity index is 452. The highest BCUT2D eigenvalue weighted by atomic mass is 16.5. The van der Waals surface area contributed by atoms with E-state index in [1.54, 1.807) is 0 Å². The van der Waals surface area contributed by atoms with E-state index in [4.69, 9.17) is 10.8 Å². The number of rotatable bonds is 7. The maximum atomic E-state index is 11.5. The van der Waals surface area contributed by atoms with Gasteiger partial charge in [0, 0.05) is 12.8 Å². The number of urea groups is 1. The molecule has 5 N–H and O–H groups in total. The molecule has 0 saturated heterocycles. The summed E-state index contributed by atoms with van der Waals surface area (Å²) in [7, 11) is 4.67. The van der Waals surface area contributed by atoms with Crippen molar-refractivity contribution in [2.75, 3.05) is 6.54 Å². The molecule has 2 amide bonds. The van der Waals surface area contributed by atoms with E-state index >= 15 is 0 Å². The molecule has 1 fully saturated rings. The Balaban J connectivity index is 2.17. The Morgan fingerprint density at radius 2 is 2.00 bits per heavy atom. The fourth-order valence-electron chi connectivity index (χ4n) is 2.37. The number of carboxylic acids is 1. The predicted octanol–water partition coefficient (Wildman–Crippen LogP) is -0.493. The van der Waals surface area contributed by atoms with Gasteiger partial charge in [-0.1, -0.05) is 0 Å². The molecule has 1 atom stereocenters. The Morgan fingerprint density at radius 1 is 1.35 bits per heavy atom. The van der Waals surface area contributed by atoms with Crippen LogP contribution in [0.4, 0.5) is 4.79 Å². The van der Waals surface area contributed by atoms with E-state index in [1.807, 2.05) is 0 Å². The van der Waals surface area contributed by atoms with Crippen LogP contribution in [0.25, 0.3) is 0 Å². The molecule has 0 aromatic carbocycles. The van der Waals surface area contributed by atoms with Crippen LogP contribution in [0.5, 0.6) is 0 Å². The Morgan fingerprint density at radius 3 is 2.57 bits per heavy atom. The van der Waals surface area contributed by atoms with Gasteiger partial charge in [-0.3, -0.25) is 9.59 Å². The molecular formula is C13H21BN4O5. The van der Waals surface area contributed by atoms with Crippen molar-refractivity contribution < 1.29 is 24.1 Å². The second-order valence-corrected chi connectivity index (χ2v) is 5.51. The molecule has 0 aromatic heterocycles. The number of amides is 2. The Kier molecular flexibility index (Phi) is 8.10. The summed E-state index contributed by atoms with van der Waals surface area (Å²) in [5.41, 5.74) is 7.77. The topological polar surface area (TPSA) is 143 Å². The maximum Gasteiger partial charge on any atom is 0.378 e. The molecule has 126 valence electrons. The van der Waals surface area contributed by atoms with Crippen LogP contribution < -0.4 is 16.5 Å². The Labute approximate surface area is 135 Å². The molecule has 10 heteroatoms. The van der Waals surface area contributed by atoms with Gasteiger partial charge in [0.25, 0.3) is 5.97 Å². The van der Waals surface area contributed by atoms with Gasteiger partial charge in [0.1, 0.15) is 0 Å². The highest BCUT2D eigenvalue weighted by Crippen LogP contribution is 2.28. The minimum atomic E-state index is -0.752. The van der Waals surface area contributed by atoms with Crippen LogP contribution in [0.15, 0.2) is 5.10 Å². The first kappa shape index (κ1) is 19.0. The molecule has 1 aliphatic carbocycles. The molecule has 1 saturated carbocycles. The lowest BCUT2D eigenvalue weighted by Gasteiger charge is -2.25. The van der Waals surface area contributed by atoms with Gasteiger partial charge in [0.15, 0.2) is 0 Å². The number of carboxylic acid groups (broad SMARTS) is 1. The maximum absolute atomic E-state index is 11.5. The molecule has 1 aliphatic rings. The van der Waals surface area contributed by atoms with Gasteiger partial charge in [-0.25, -0.2) is 10.2 Å². The third-order valence-corrected chi connectivity index (χ3v) is 3.71. The van der Waals surface area contributed by atoms with Gasteiger partial charge in [0.05, 0.1) is 18.4 Å². The van der Waals surface area contributed by atoms with Crippen molar-refractivity contribution in [3.8, 4) is 0 Å². The highest BCUT2D eigenvalue weighted by Gasteiger charge is 2.25. The van der Waals surface area contributed by atoms with E-state index in [0.29, 0.717) is 19.4 Å². The smallest absolute Gasteiger partial charge is 0.378 e. The van der Waals surface area contributed by atoms with Crippen molar-refractivity contribution in [1.82, 2.24) is 10.7 Å². The molecule has 0 unspecified atom stereocenters. The van der Waals surface area contributed by atoms with Crippen LogP contribution in [0, 0.1) is 11.8 Å². The van der Waals surface area contributed by atoms with Crippen LogP contribution in [-0.2, 0) is 14.2 Å². The number of hydrogen-bond donors (Lipinski definition) is 4. The third kappa shape index (κ3) is 7.64. The second kappa shape index (κ2) is 9.83. The van der Waals surface area contributed by atoms with Gasteiger partial charge in [-0.2, -0.15) is 5.10 Å². The van der Waals surface area contributed by atoms with Crippen LogP contribution in [0.1, 0.15) is 32.1 Å². The van der Waals surface area contributed by atoms with E-state index in [0.717, 1.165) is 12.8 Å². The number of carbonyl (C=O) groups excluding carboxylic acids is 2. The van der Waals surface area contributed by atoms with Gasteiger partial charge in [0.2, 0.25) is 0 Å². The first-order chi connectivity index (χ1) is 10.9. The van der Waals surface area contributed by atoms with E-state index in [2.05, 4.69) is 28.5 Å². The number of nitrogens with one attached hydrogen (secondary N) is 2. The highest BCUT2D eigenvalue weighted by molar-refractivity contribution is 6.05. The van der Waals surface area contributed by atoms with E-state index in [9.17, 15) is 14.4 Å². The molecular weight excluding hydrogens is 303 g/mol. The minimum Gasteiger partial charge on any atom is -0.543 e. The van der Waals surface area contributed by atoms with Crippen molar-refractivity contribution in [3.63, 3.8) is 0 Å². The standard InChI is InChI=1S/C13H21BN4O5/c14-23-11(19)5-10(15)7-17-18-13(22)16-6-8-1-3-9(4-2-8)12(20)21/h7-10H,1-6,15H2,(H,20,21)(H2,16,18,22)/b17-7+/t8?,9?,10-/m0/s1. The fraction of sp³-hybridized carbons (Fsp3) is 0.692. The lowest BCUT2D eigenvalue weighted by atomic mass is 9.82. The molecule has 0 heterocycles. The second-order valence-electron chi connectivity index (χ2n) is 5.51. The summed E-state index contributed by atoms with van der Waals surface area (Å²) in [6, 6.07) is -1.20. The van der Waals surface area contributed by atoms with E-state index < -0.39 is 24.0 Å². The fourth-order valence-corrected chi connectivity index (χ4v) is 2.37. The van der Waals surface area contributed by atoms with Gasteiger partial charge >= 0.3 is 20.0 Å². The van der Waals surface area contributed by atoms with Crippen LogP contribution in [0.3, 0.4) is 0 Å². The van der Waals surface area contributed by atoms with Crippen molar-refractivity contribution in [2.45, 2.75) is 38.1 Å². The van der Waals surface area contributed by atoms with Crippen molar-refractivity contribution >= 4 is 32.2 Å². The zero-order chi connectivity index (χ0) is 17.2. The number of hydrogen-bond acceptors (Lipinski definition) is 6. The van der Waals surface area contributed by atoms with Crippen LogP contribution in [-0.4, -0.2) is 49.9 Å². The molecule has 9 nitrogen and oxygen atoms in total. The zero-order valence-electron chi connectivity index (χ0n) is 12.7. The third-order valence-electron chi connectivity index (χ3n) is 3.71. The normalized spacial score (nSPS) is 22.3. The number of carbonyl (C=O) groups is 3. The summed E-state index contributed by atoms with van der Waals surface area (Å²) in [5, 5.41) is 15.2. The zero-order valence-corrected chi connectivity index (χ0v) is 12.7. The van der Waals surface area contributed by atoms with E-state index in [1.165, 1.54) is 6.21 Å². The van der Waals surface area contributed by atoms with Crippen molar-refractivity contribution in [2.24, 2.45) is 22.7 Å². The molecule has 0 bridgehead atoms. The predicted molar refractivity (Wildman–Crippen MR) is 82.5 cm³/mol. The first-order valence-corrected chi connectivity index (χ1v) is 7.37. The quantitative estimate of drug-likeness (QED) is 0.282. The van der Waals surface area contributed by atoms with Crippen LogP contribution in [0.2, 0.25) is 0 Å². The molecule has 0 spiro atoms. The molecule has 2 radical (unpaired) electrons. The van der Waals surface area contributed by atoms with Crippen molar-refractivity contribution in [3.05, 3.63) is 0 Å². The summed E-state index contributed by atoms with van der Waals surface area (Å²) in [6.07, 6.45) is 3.87. The Hall–Kier alpha value is -2.10. The number of nitrogens with zero attached hydrogens (tertiary/aromatic N) is 1. The average Bonchev–Trinajstić information content (AvgIpc) is 2.53. The number of aliphatic carboxylic acids is 1. The van der Waals surface area contributed by atoms with Crippen molar-refractivity contribution in [1.29, 1.82) is 0 Å². The summed E-state index contributed by atoms with van der Waals surface area (Å²) >= 11 is 0. The monoisotopic (exact) mass is 324 g/mol. The van der Waals surface area contributed by atoms with E-state index in [-0.39, 0.29) is 18.3 Å². The van der Waals surface area contributed by atoms with Gasteiger partial charge < -0.3 is 20.8 Å². The first-order valence-electron chi connectivity index (χ1n) is 7.37.